The molecule has 1 aromatic carbocycles. The van der Waals surface area contributed by atoms with Gasteiger partial charge in [0.05, 0.1) is 6.61 Å². The van der Waals surface area contributed by atoms with E-state index < -0.39 is 5.97 Å². The standard InChI is InChI=1S/C19H20N2O4/c1-2-10-25-15-7-6-14-12-21(9-8-13(14)11-15)18(22)16-4-3-5-17(20-16)19(23)24/h3-7,11H,2,8-10,12H2,1H3,(H,23,24). The quantitative estimate of drug-likeness (QED) is 0.905. The van der Waals surface area contributed by atoms with E-state index in [0.29, 0.717) is 19.7 Å². The van der Waals surface area contributed by atoms with E-state index in [1.165, 1.54) is 11.6 Å². The molecule has 0 saturated carbocycles. The molecule has 0 fully saturated rings. The van der Waals surface area contributed by atoms with Crippen LogP contribution in [0.5, 0.6) is 5.75 Å². The Hall–Kier alpha value is -2.89. The van der Waals surface area contributed by atoms with E-state index in [2.05, 4.69) is 11.9 Å². The summed E-state index contributed by atoms with van der Waals surface area (Å²) in [6.45, 7) is 3.81. The number of aromatic carboxylic acids is 1. The second-order valence-electron chi connectivity index (χ2n) is 5.97. The van der Waals surface area contributed by atoms with Crippen LogP contribution < -0.4 is 4.74 Å². The topological polar surface area (TPSA) is 79.7 Å². The number of aromatic nitrogens is 1. The van der Waals surface area contributed by atoms with Crippen LogP contribution in [-0.2, 0) is 13.0 Å². The first kappa shape index (κ1) is 17.0. The van der Waals surface area contributed by atoms with E-state index in [1.54, 1.807) is 17.0 Å². The Morgan fingerprint density at radius 1 is 1.20 bits per heavy atom. The van der Waals surface area contributed by atoms with E-state index in [1.807, 2.05) is 18.2 Å². The van der Waals surface area contributed by atoms with Crippen molar-refractivity contribution in [1.82, 2.24) is 9.88 Å². The van der Waals surface area contributed by atoms with Crippen LogP contribution in [0.1, 0.15) is 45.4 Å². The van der Waals surface area contributed by atoms with Crippen molar-refractivity contribution in [3.8, 4) is 5.75 Å². The van der Waals surface area contributed by atoms with Crippen LogP contribution >= 0.6 is 0 Å². The highest BCUT2D eigenvalue weighted by atomic mass is 16.5. The zero-order chi connectivity index (χ0) is 17.8. The highest BCUT2D eigenvalue weighted by Crippen LogP contribution is 2.25. The van der Waals surface area contributed by atoms with Gasteiger partial charge in [0, 0.05) is 13.1 Å². The lowest BCUT2D eigenvalue weighted by Gasteiger charge is -2.29. The van der Waals surface area contributed by atoms with Gasteiger partial charge in [-0.2, -0.15) is 0 Å². The average Bonchev–Trinajstić information content (AvgIpc) is 2.65. The first-order valence-corrected chi connectivity index (χ1v) is 8.32. The van der Waals surface area contributed by atoms with Gasteiger partial charge in [0.1, 0.15) is 17.1 Å². The van der Waals surface area contributed by atoms with Gasteiger partial charge >= 0.3 is 5.97 Å². The summed E-state index contributed by atoms with van der Waals surface area (Å²) >= 11 is 0. The van der Waals surface area contributed by atoms with Gasteiger partial charge in [0.25, 0.3) is 5.91 Å². The summed E-state index contributed by atoms with van der Waals surface area (Å²) < 4.78 is 5.65. The van der Waals surface area contributed by atoms with Crippen LogP contribution in [0.3, 0.4) is 0 Å². The van der Waals surface area contributed by atoms with Crippen molar-refractivity contribution in [1.29, 1.82) is 0 Å². The molecular formula is C19H20N2O4. The maximum atomic E-state index is 12.6. The van der Waals surface area contributed by atoms with E-state index in [9.17, 15) is 9.59 Å². The molecule has 1 aliphatic rings. The molecule has 6 nitrogen and oxygen atoms in total. The molecule has 130 valence electrons. The van der Waals surface area contributed by atoms with Crippen molar-refractivity contribution in [3.63, 3.8) is 0 Å². The third-order valence-corrected chi connectivity index (χ3v) is 4.14. The zero-order valence-corrected chi connectivity index (χ0v) is 14.1. The second kappa shape index (κ2) is 7.34. The van der Waals surface area contributed by atoms with Crippen molar-refractivity contribution in [2.45, 2.75) is 26.3 Å². The third-order valence-electron chi connectivity index (χ3n) is 4.14. The molecule has 1 amide bonds. The summed E-state index contributed by atoms with van der Waals surface area (Å²) in [6.07, 6.45) is 1.70. The SMILES string of the molecule is CCCOc1ccc2c(c1)CCN(C(=O)c1cccc(C(=O)O)n1)C2. The Kier molecular flexibility index (Phi) is 4.97. The fraction of sp³-hybridized carbons (Fsp3) is 0.316. The maximum absolute atomic E-state index is 12.6. The first-order chi connectivity index (χ1) is 12.1. The van der Waals surface area contributed by atoms with Crippen LogP contribution in [0.4, 0.5) is 0 Å². The van der Waals surface area contributed by atoms with Gasteiger partial charge in [0.15, 0.2) is 0 Å². The Balaban J connectivity index is 1.75. The number of fused-ring (bicyclic) bond motifs is 1. The summed E-state index contributed by atoms with van der Waals surface area (Å²) in [5.41, 5.74) is 2.30. The van der Waals surface area contributed by atoms with Gasteiger partial charge in [-0.1, -0.05) is 19.1 Å². The van der Waals surface area contributed by atoms with Gasteiger partial charge in [-0.15, -0.1) is 0 Å². The van der Waals surface area contributed by atoms with Gasteiger partial charge in [-0.3, -0.25) is 4.79 Å². The number of carboxylic acids is 1. The predicted octanol–water partition coefficient (Wildman–Crippen LogP) is 2.77. The number of benzene rings is 1. The fourth-order valence-corrected chi connectivity index (χ4v) is 2.85. The molecule has 25 heavy (non-hydrogen) atoms. The van der Waals surface area contributed by atoms with Crippen LogP contribution in [0.2, 0.25) is 0 Å². The predicted molar refractivity (Wildman–Crippen MR) is 91.9 cm³/mol. The Morgan fingerprint density at radius 2 is 2.00 bits per heavy atom. The molecule has 0 aliphatic carbocycles. The summed E-state index contributed by atoms with van der Waals surface area (Å²) in [6, 6.07) is 10.4. The number of carbonyl (C=O) groups excluding carboxylic acids is 1. The van der Waals surface area contributed by atoms with Crippen molar-refractivity contribution in [2.75, 3.05) is 13.2 Å². The van der Waals surface area contributed by atoms with Crippen molar-refractivity contribution < 1.29 is 19.4 Å². The largest absolute Gasteiger partial charge is 0.494 e. The highest BCUT2D eigenvalue weighted by Gasteiger charge is 2.23. The monoisotopic (exact) mass is 340 g/mol. The molecule has 3 rings (SSSR count). The molecule has 6 heteroatoms. The number of pyridine rings is 1. The molecule has 2 aromatic rings. The lowest BCUT2D eigenvalue weighted by atomic mass is 9.99. The number of ether oxygens (including phenoxy) is 1. The van der Waals surface area contributed by atoms with E-state index >= 15 is 0 Å². The average molecular weight is 340 g/mol. The van der Waals surface area contributed by atoms with Crippen LogP contribution in [-0.4, -0.2) is 40.0 Å². The van der Waals surface area contributed by atoms with Crippen molar-refractivity contribution in [3.05, 3.63) is 58.9 Å². The number of carbonyl (C=O) groups is 2. The highest BCUT2D eigenvalue weighted by molar-refractivity contribution is 5.94. The molecule has 0 saturated heterocycles. The zero-order valence-electron chi connectivity index (χ0n) is 14.1. The van der Waals surface area contributed by atoms with Crippen molar-refractivity contribution >= 4 is 11.9 Å². The minimum atomic E-state index is -1.14. The Labute approximate surface area is 146 Å². The molecule has 1 aliphatic heterocycles. The van der Waals surface area contributed by atoms with Gasteiger partial charge < -0.3 is 14.7 Å². The summed E-state index contributed by atoms with van der Waals surface area (Å²) in [5, 5.41) is 9.02. The molecule has 0 atom stereocenters. The molecule has 0 spiro atoms. The molecule has 2 heterocycles. The first-order valence-electron chi connectivity index (χ1n) is 8.32. The smallest absolute Gasteiger partial charge is 0.354 e. The number of hydrogen-bond donors (Lipinski definition) is 1. The van der Waals surface area contributed by atoms with E-state index in [4.69, 9.17) is 9.84 Å². The van der Waals surface area contributed by atoms with Gasteiger partial charge in [0.2, 0.25) is 0 Å². The summed E-state index contributed by atoms with van der Waals surface area (Å²) in [7, 11) is 0. The van der Waals surface area contributed by atoms with Crippen LogP contribution in [0, 0.1) is 0 Å². The molecular weight excluding hydrogens is 320 g/mol. The summed E-state index contributed by atoms with van der Waals surface area (Å²) in [5.74, 6) is -0.533. The Morgan fingerprint density at radius 3 is 2.76 bits per heavy atom. The van der Waals surface area contributed by atoms with Crippen molar-refractivity contribution in [2.24, 2.45) is 0 Å². The van der Waals surface area contributed by atoms with Crippen LogP contribution in [0.25, 0.3) is 0 Å². The number of hydrogen-bond acceptors (Lipinski definition) is 4. The lowest BCUT2D eigenvalue weighted by Crippen LogP contribution is -2.36. The van der Waals surface area contributed by atoms with Gasteiger partial charge in [-0.25, -0.2) is 9.78 Å². The Bertz CT molecular complexity index is 804. The number of nitrogens with zero attached hydrogens (tertiary/aromatic N) is 2. The second-order valence-corrected chi connectivity index (χ2v) is 5.97. The lowest BCUT2D eigenvalue weighted by molar-refractivity contribution is 0.0689. The molecule has 0 bridgehead atoms. The maximum Gasteiger partial charge on any atom is 0.354 e. The van der Waals surface area contributed by atoms with E-state index in [0.717, 1.165) is 24.2 Å². The number of carboxylic acid groups (broad SMARTS) is 1. The molecule has 0 unspecified atom stereocenters. The number of rotatable bonds is 5. The van der Waals surface area contributed by atoms with Crippen LogP contribution in [0.15, 0.2) is 36.4 Å². The minimum absolute atomic E-state index is 0.124. The third kappa shape index (κ3) is 3.79. The molecule has 1 aromatic heterocycles. The molecule has 1 N–H and O–H groups in total. The number of amides is 1. The normalized spacial score (nSPS) is 13.2. The van der Waals surface area contributed by atoms with E-state index in [-0.39, 0.29) is 17.3 Å². The summed E-state index contributed by atoms with van der Waals surface area (Å²) in [4.78, 5) is 29.3. The minimum Gasteiger partial charge on any atom is -0.494 e. The van der Waals surface area contributed by atoms with Gasteiger partial charge in [-0.05, 0) is 48.2 Å². The molecule has 0 radical (unpaired) electrons. The fourth-order valence-electron chi connectivity index (χ4n) is 2.85.